The van der Waals surface area contributed by atoms with Gasteiger partial charge in [-0.2, -0.15) is 5.10 Å². The van der Waals surface area contributed by atoms with Crippen molar-refractivity contribution in [3.05, 3.63) is 51.2 Å². The van der Waals surface area contributed by atoms with Gasteiger partial charge >= 0.3 is 0 Å². The van der Waals surface area contributed by atoms with Crippen molar-refractivity contribution in [3.8, 4) is 0 Å². The van der Waals surface area contributed by atoms with Crippen LogP contribution in [-0.2, 0) is 6.54 Å². The normalized spacial score (nSPS) is 12.6. The molecule has 1 aromatic carbocycles. The molecule has 17 heavy (non-hydrogen) atoms. The minimum Gasteiger partial charge on any atom is -0.306 e. The third kappa shape index (κ3) is 3.31. The second-order valence-electron chi connectivity index (χ2n) is 3.87. The Labute approximate surface area is 114 Å². The third-order valence-electron chi connectivity index (χ3n) is 2.63. The number of hydrogen-bond acceptors (Lipinski definition) is 2. The predicted molar refractivity (Wildman–Crippen MR) is 73.0 cm³/mol. The van der Waals surface area contributed by atoms with Crippen molar-refractivity contribution >= 4 is 27.5 Å². The summed E-state index contributed by atoms with van der Waals surface area (Å²) in [4.78, 5) is 0. The Morgan fingerprint density at radius 2 is 2.35 bits per heavy atom. The summed E-state index contributed by atoms with van der Waals surface area (Å²) in [6.45, 7) is 2.86. The molecule has 0 aliphatic heterocycles. The minimum absolute atomic E-state index is 0.250. The molecule has 1 aromatic heterocycles. The number of hydrogen-bond donors (Lipinski definition) is 2. The maximum atomic E-state index is 5.97. The van der Waals surface area contributed by atoms with Crippen LogP contribution in [0.5, 0.6) is 0 Å². The van der Waals surface area contributed by atoms with Crippen LogP contribution in [0.1, 0.15) is 24.1 Å². The molecular weight excluding hydrogens is 302 g/mol. The zero-order valence-electron chi connectivity index (χ0n) is 9.37. The first-order valence-electron chi connectivity index (χ1n) is 5.33. The highest BCUT2D eigenvalue weighted by Gasteiger charge is 2.07. The third-order valence-corrected chi connectivity index (χ3v) is 3.63. The first-order valence-corrected chi connectivity index (χ1v) is 6.50. The summed E-state index contributed by atoms with van der Waals surface area (Å²) in [6.07, 6.45) is 3.72. The second kappa shape index (κ2) is 5.67. The summed E-state index contributed by atoms with van der Waals surface area (Å²) in [5.41, 5.74) is 2.29. The first-order chi connectivity index (χ1) is 8.16. The number of aromatic nitrogens is 2. The molecule has 0 aliphatic carbocycles. The van der Waals surface area contributed by atoms with Crippen LogP contribution >= 0.6 is 27.5 Å². The van der Waals surface area contributed by atoms with Crippen molar-refractivity contribution < 1.29 is 0 Å². The largest absolute Gasteiger partial charge is 0.306 e. The molecule has 0 amide bonds. The molecule has 2 aromatic rings. The number of benzene rings is 1. The van der Waals surface area contributed by atoms with E-state index in [9.17, 15) is 0 Å². The summed E-state index contributed by atoms with van der Waals surface area (Å²) >= 11 is 9.48. The topological polar surface area (TPSA) is 40.7 Å². The SMILES string of the molecule is CC(NCc1cc(Cl)ccc1Br)c1cn[nH]c1. The van der Waals surface area contributed by atoms with E-state index in [-0.39, 0.29) is 6.04 Å². The fourth-order valence-corrected chi connectivity index (χ4v) is 2.14. The molecule has 0 saturated heterocycles. The molecule has 0 bridgehead atoms. The lowest BCUT2D eigenvalue weighted by Crippen LogP contribution is -2.17. The van der Waals surface area contributed by atoms with E-state index in [1.54, 1.807) is 0 Å². The first kappa shape index (κ1) is 12.6. The zero-order chi connectivity index (χ0) is 12.3. The number of rotatable bonds is 4. The smallest absolute Gasteiger partial charge is 0.0534 e. The molecule has 3 nitrogen and oxygen atoms in total. The van der Waals surface area contributed by atoms with Crippen molar-refractivity contribution in [2.75, 3.05) is 0 Å². The molecule has 0 saturated carbocycles. The molecule has 1 unspecified atom stereocenters. The average molecular weight is 315 g/mol. The summed E-state index contributed by atoms with van der Waals surface area (Å²) in [7, 11) is 0. The van der Waals surface area contributed by atoms with Crippen LogP contribution in [0.25, 0.3) is 0 Å². The van der Waals surface area contributed by atoms with Gasteiger partial charge in [-0.05, 0) is 30.7 Å². The Hall–Kier alpha value is -0.840. The zero-order valence-corrected chi connectivity index (χ0v) is 11.7. The van der Waals surface area contributed by atoms with Crippen molar-refractivity contribution in [3.63, 3.8) is 0 Å². The molecule has 90 valence electrons. The van der Waals surface area contributed by atoms with Crippen LogP contribution < -0.4 is 5.32 Å². The molecule has 0 fully saturated rings. The summed E-state index contributed by atoms with van der Waals surface area (Å²) in [5, 5.41) is 10.9. The van der Waals surface area contributed by atoms with E-state index in [1.807, 2.05) is 30.6 Å². The van der Waals surface area contributed by atoms with E-state index >= 15 is 0 Å². The fourth-order valence-electron chi connectivity index (χ4n) is 1.56. The maximum Gasteiger partial charge on any atom is 0.0534 e. The minimum atomic E-state index is 0.250. The Morgan fingerprint density at radius 1 is 1.53 bits per heavy atom. The van der Waals surface area contributed by atoms with Gasteiger partial charge in [-0.25, -0.2) is 0 Å². The van der Waals surface area contributed by atoms with E-state index in [1.165, 1.54) is 0 Å². The maximum absolute atomic E-state index is 5.97. The van der Waals surface area contributed by atoms with Gasteiger partial charge in [-0.1, -0.05) is 27.5 Å². The Balaban J connectivity index is 2.00. The van der Waals surface area contributed by atoms with Crippen LogP contribution in [0.3, 0.4) is 0 Å². The van der Waals surface area contributed by atoms with Crippen LogP contribution in [0.4, 0.5) is 0 Å². The number of aromatic amines is 1. The van der Waals surface area contributed by atoms with Crippen molar-refractivity contribution in [1.29, 1.82) is 0 Å². The predicted octanol–water partition coefficient (Wildman–Crippen LogP) is 3.68. The molecular formula is C12H13BrClN3. The average Bonchev–Trinajstić information content (AvgIpc) is 2.83. The Morgan fingerprint density at radius 3 is 3.06 bits per heavy atom. The molecule has 0 spiro atoms. The van der Waals surface area contributed by atoms with Gasteiger partial charge in [0.25, 0.3) is 0 Å². The lowest BCUT2D eigenvalue weighted by atomic mass is 10.1. The fraction of sp³-hybridized carbons (Fsp3) is 0.250. The molecule has 5 heteroatoms. The van der Waals surface area contributed by atoms with Crippen molar-refractivity contribution in [1.82, 2.24) is 15.5 Å². The quantitative estimate of drug-likeness (QED) is 0.904. The lowest BCUT2D eigenvalue weighted by Gasteiger charge is -2.13. The highest BCUT2D eigenvalue weighted by atomic mass is 79.9. The van der Waals surface area contributed by atoms with E-state index in [0.29, 0.717) is 0 Å². The second-order valence-corrected chi connectivity index (χ2v) is 5.16. The molecule has 1 atom stereocenters. The van der Waals surface area contributed by atoms with E-state index < -0.39 is 0 Å². The van der Waals surface area contributed by atoms with Crippen molar-refractivity contribution in [2.45, 2.75) is 19.5 Å². The number of nitrogens with one attached hydrogen (secondary N) is 2. The van der Waals surface area contributed by atoms with E-state index in [2.05, 4.69) is 38.4 Å². The summed E-state index contributed by atoms with van der Waals surface area (Å²) < 4.78 is 1.06. The Kier molecular flexibility index (Phi) is 4.20. The Bertz CT molecular complexity index is 485. The summed E-state index contributed by atoms with van der Waals surface area (Å²) in [5.74, 6) is 0. The van der Waals surface area contributed by atoms with Crippen LogP contribution in [0.2, 0.25) is 5.02 Å². The van der Waals surface area contributed by atoms with E-state index in [0.717, 1.165) is 27.2 Å². The molecule has 2 N–H and O–H groups in total. The van der Waals surface area contributed by atoms with E-state index in [4.69, 9.17) is 11.6 Å². The van der Waals surface area contributed by atoms with Crippen LogP contribution in [-0.4, -0.2) is 10.2 Å². The molecule has 0 radical (unpaired) electrons. The van der Waals surface area contributed by atoms with Gasteiger partial charge in [0.2, 0.25) is 0 Å². The van der Waals surface area contributed by atoms with Gasteiger partial charge in [0, 0.05) is 33.8 Å². The number of halogens is 2. The molecule has 0 aliphatic rings. The molecule has 2 rings (SSSR count). The molecule has 1 heterocycles. The number of H-pyrrole nitrogens is 1. The van der Waals surface area contributed by atoms with Gasteiger partial charge in [0.05, 0.1) is 6.20 Å². The summed E-state index contributed by atoms with van der Waals surface area (Å²) in [6, 6.07) is 6.04. The van der Waals surface area contributed by atoms with Gasteiger partial charge < -0.3 is 5.32 Å². The van der Waals surface area contributed by atoms with Gasteiger partial charge in [0.1, 0.15) is 0 Å². The van der Waals surface area contributed by atoms with Gasteiger partial charge in [-0.15, -0.1) is 0 Å². The van der Waals surface area contributed by atoms with Crippen LogP contribution in [0, 0.1) is 0 Å². The van der Waals surface area contributed by atoms with Gasteiger partial charge in [-0.3, -0.25) is 5.10 Å². The standard InChI is InChI=1S/C12H13BrClN3/c1-8(10-6-16-17-7-10)15-5-9-4-11(14)2-3-12(9)13/h2-4,6-8,15H,5H2,1H3,(H,16,17). The van der Waals surface area contributed by atoms with Crippen molar-refractivity contribution in [2.24, 2.45) is 0 Å². The highest BCUT2D eigenvalue weighted by molar-refractivity contribution is 9.10. The highest BCUT2D eigenvalue weighted by Crippen LogP contribution is 2.22. The van der Waals surface area contributed by atoms with Gasteiger partial charge in [0.15, 0.2) is 0 Å². The number of nitrogens with zero attached hydrogens (tertiary/aromatic N) is 1. The lowest BCUT2D eigenvalue weighted by molar-refractivity contribution is 0.574. The monoisotopic (exact) mass is 313 g/mol. The van der Waals surface area contributed by atoms with Crippen LogP contribution in [0.15, 0.2) is 35.1 Å².